The van der Waals surface area contributed by atoms with Crippen LogP contribution in [-0.4, -0.2) is 34.9 Å². The Labute approximate surface area is 209 Å². The van der Waals surface area contributed by atoms with Crippen molar-refractivity contribution >= 4 is 17.2 Å². The molecule has 0 amide bonds. The Hall–Kier alpha value is -3.97. The molecule has 0 aliphatic carbocycles. The molecule has 0 bridgehead atoms. The van der Waals surface area contributed by atoms with Crippen LogP contribution in [0.15, 0.2) is 95.7 Å². The number of nitrogens with one attached hydrogen (secondary N) is 1. The van der Waals surface area contributed by atoms with Crippen molar-refractivity contribution < 1.29 is 14.0 Å². The van der Waals surface area contributed by atoms with E-state index in [4.69, 9.17) is 26.2 Å². The van der Waals surface area contributed by atoms with Gasteiger partial charge < -0.3 is 19.3 Å². The van der Waals surface area contributed by atoms with Crippen molar-refractivity contribution in [1.82, 2.24) is 15.5 Å². The molecule has 6 nitrogen and oxygen atoms in total. The summed E-state index contributed by atoms with van der Waals surface area (Å²) in [6.45, 7) is 1.86. The first kappa shape index (κ1) is 22.8. The Morgan fingerprint density at radius 2 is 1.74 bits per heavy atom. The van der Waals surface area contributed by atoms with Crippen LogP contribution in [0.2, 0.25) is 0 Å². The molecule has 4 aromatic rings. The zero-order valence-electron chi connectivity index (χ0n) is 19.1. The molecule has 1 unspecified atom stereocenters. The van der Waals surface area contributed by atoms with Gasteiger partial charge >= 0.3 is 0 Å². The Morgan fingerprint density at radius 1 is 0.943 bits per heavy atom. The third-order valence-corrected chi connectivity index (χ3v) is 6.00. The van der Waals surface area contributed by atoms with E-state index in [-0.39, 0.29) is 0 Å². The largest absolute Gasteiger partial charge is 0.501 e. The highest BCUT2D eigenvalue weighted by Crippen LogP contribution is 2.27. The van der Waals surface area contributed by atoms with Gasteiger partial charge in [0.05, 0.1) is 12.9 Å². The van der Waals surface area contributed by atoms with Crippen LogP contribution in [0.4, 0.5) is 0 Å². The molecule has 0 saturated heterocycles. The summed E-state index contributed by atoms with van der Waals surface area (Å²) >= 11 is 5.39. The molecular weight excluding hydrogens is 458 g/mol. The molecule has 3 aromatic carbocycles. The van der Waals surface area contributed by atoms with E-state index in [0.29, 0.717) is 29.2 Å². The van der Waals surface area contributed by atoms with E-state index < -0.39 is 0 Å². The number of benzene rings is 3. The van der Waals surface area contributed by atoms with Crippen LogP contribution >= 0.6 is 12.2 Å². The van der Waals surface area contributed by atoms with E-state index in [0.717, 1.165) is 47.6 Å². The van der Waals surface area contributed by atoms with Crippen molar-refractivity contribution in [3.05, 3.63) is 91.2 Å². The Morgan fingerprint density at radius 3 is 2.54 bits per heavy atom. The molecule has 0 fully saturated rings. The monoisotopic (exact) mass is 483 g/mol. The minimum Gasteiger partial charge on any atom is -0.501 e. The molecule has 35 heavy (non-hydrogen) atoms. The highest BCUT2D eigenvalue weighted by atomic mass is 32.1. The maximum Gasteiger partial charge on any atom is 0.258 e. The van der Waals surface area contributed by atoms with E-state index in [1.165, 1.54) is 0 Å². The number of thiocarbonyl (C=S) groups is 1. The van der Waals surface area contributed by atoms with Gasteiger partial charge in [-0.2, -0.15) is 4.98 Å². The van der Waals surface area contributed by atoms with Crippen LogP contribution in [0.25, 0.3) is 34.0 Å². The lowest BCUT2D eigenvalue weighted by molar-refractivity contribution is 0.208. The number of ether oxygens (including phenoxy) is 2. The lowest BCUT2D eigenvalue weighted by Crippen LogP contribution is -2.32. The summed E-state index contributed by atoms with van der Waals surface area (Å²) in [5.41, 5.74) is 3.97. The molecule has 1 N–H and O–H groups in total. The van der Waals surface area contributed by atoms with Crippen LogP contribution in [0.5, 0.6) is 5.75 Å². The van der Waals surface area contributed by atoms with Crippen LogP contribution in [0.1, 0.15) is 6.42 Å². The normalized spacial score (nSPS) is 14.8. The lowest BCUT2D eigenvalue weighted by atomic mass is 10.0. The van der Waals surface area contributed by atoms with E-state index in [1.807, 2.05) is 54.6 Å². The minimum absolute atomic E-state index is 0.323. The molecule has 0 saturated carbocycles. The first-order chi connectivity index (χ1) is 17.2. The molecule has 0 radical (unpaired) electrons. The third kappa shape index (κ3) is 5.94. The van der Waals surface area contributed by atoms with E-state index >= 15 is 0 Å². The fourth-order valence-electron chi connectivity index (χ4n) is 3.79. The standard InChI is InChI=1S/C28H25N3O3S/c35-26(29-18-20-13-15-32-16-14-20)19-33-25-11-9-22(10-12-25)28-30-27(31-34-28)24-8-4-7-23(17-24)21-5-2-1-3-6-21/h1-13,15,17,20H,14,16,18-19H2,(H,29,35). The molecule has 7 heteroatoms. The Bertz CT molecular complexity index is 1300. The number of hydrogen-bond donors (Lipinski definition) is 1. The van der Waals surface area contributed by atoms with Crippen LogP contribution in [-0.2, 0) is 4.74 Å². The molecule has 176 valence electrons. The van der Waals surface area contributed by atoms with E-state index in [9.17, 15) is 0 Å². The van der Waals surface area contributed by atoms with Crippen LogP contribution in [0, 0.1) is 5.92 Å². The number of nitrogens with zero attached hydrogens (tertiary/aromatic N) is 2. The smallest absolute Gasteiger partial charge is 0.258 e. The molecular formula is C28H25N3O3S. The van der Waals surface area contributed by atoms with Gasteiger partial charge in [0, 0.05) is 23.6 Å². The van der Waals surface area contributed by atoms with Crippen molar-refractivity contribution in [3.8, 4) is 39.7 Å². The molecule has 1 aliphatic heterocycles. The number of rotatable bonds is 8. The summed E-state index contributed by atoms with van der Waals surface area (Å²) in [6.07, 6.45) is 4.80. The predicted molar refractivity (Wildman–Crippen MR) is 140 cm³/mol. The third-order valence-electron chi connectivity index (χ3n) is 5.74. The quantitative estimate of drug-likeness (QED) is 0.312. The molecule has 5 rings (SSSR count). The minimum atomic E-state index is 0.323. The lowest BCUT2D eigenvalue weighted by Gasteiger charge is -2.18. The van der Waals surface area contributed by atoms with Crippen molar-refractivity contribution in [2.75, 3.05) is 19.8 Å². The SMILES string of the molecule is S=C(COc1ccc(-c2nc(-c3cccc(-c4ccccc4)c3)no2)cc1)NCC1C=COCC1. The first-order valence-electron chi connectivity index (χ1n) is 11.5. The molecule has 1 aliphatic rings. The van der Waals surface area contributed by atoms with Crippen LogP contribution < -0.4 is 10.1 Å². The Balaban J connectivity index is 1.18. The van der Waals surface area contributed by atoms with Gasteiger partial charge in [-0.25, -0.2) is 0 Å². The number of aromatic nitrogens is 2. The predicted octanol–water partition coefficient (Wildman–Crippen LogP) is 5.92. The van der Waals surface area contributed by atoms with Crippen LogP contribution in [0.3, 0.4) is 0 Å². The van der Waals surface area contributed by atoms with Crippen molar-refractivity contribution in [2.45, 2.75) is 6.42 Å². The molecule has 2 heterocycles. The van der Waals surface area contributed by atoms with Gasteiger partial charge in [0.2, 0.25) is 5.82 Å². The summed E-state index contributed by atoms with van der Waals surface area (Å²) in [5, 5.41) is 7.44. The van der Waals surface area contributed by atoms with Gasteiger partial charge in [0.15, 0.2) is 0 Å². The molecule has 1 aromatic heterocycles. The summed E-state index contributed by atoms with van der Waals surface area (Å²) in [7, 11) is 0. The fraction of sp³-hybridized carbons (Fsp3) is 0.179. The highest BCUT2D eigenvalue weighted by Gasteiger charge is 2.12. The fourth-order valence-corrected chi connectivity index (χ4v) is 3.93. The van der Waals surface area contributed by atoms with Crippen molar-refractivity contribution in [1.29, 1.82) is 0 Å². The average Bonchev–Trinajstić information content (AvgIpc) is 3.43. The first-order valence-corrected chi connectivity index (χ1v) is 11.9. The Kier molecular flexibility index (Phi) is 7.15. The average molecular weight is 484 g/mol. The van der Waals surface area contributed by atoms with Gasteiger partial charge in [0.25, 0.3) is 5.89 Å². The zero-order valence-corrected chi connectivity index (χ0v) is 19.9. The molecule has 0 spiro atoms. The second kappa shape index (κ2) is 11.0. The number of hydrogen-bond acceptors (Lipinski definition) is 6. The van der Waals surface area contributed by atoms with Gasteiger partial charge in [0.1, 0.15) is 17.3 Å². The van der Waals surface area contributed by atoms with Crippen molar-refractivity contribution in [3.63, 3.8) is 0 Å². The van der Waals surface area contributed by atoms with E-state index in [2.05, 4.69) is 45.8 Å². The van der Waals surface area contributed by atoms with Crippen molar-refractivity contribution in [2.24, 2.45) is 5.92 Å². The van der Waals surface area contributed by atoms with Gasteiger partial charge in [-0.05, 0) is 54.0 Å². The maximum atomic E-state index is 5.82. The molecule has 1 atom stereocenters. The summed E-state index contributed by atoms with van der Waals surface area (Å²) in [5.74, 6) is 2.16. The zero-order chi connectivity index (χ0) is 23.9. The topological polar surface area (TPSA) is 69.4 Å². The van der Waals surface area contributed by atoms with Gasteiger partial charge in [-0.3, -0.25) is 0 Å². The maximum absolute atomic E-state index is 5.82. The summed E-state index contributed by atoms with van der Waals surface area (Å²) < 4.78 is 16.6. The van der Waals surface area contributed by atoms with Gasteiger partial charge in [-0.15, -0.1) is 0 Å². The van der Waals surface area contributed by atoms with Gasteiger partial charge in [-0.1, -0.05) is 65.9 Å². The van der Waals surface area contributed by atoms with E-state index in [1.54, 1.807) is 6.26 Å². The highest BCUT2D eigenvalue weighted by molar-refractivity contribution is 7.80. The second-order valence-corrected chi connectivity index (χ2v) is 8.73. The summed E-state index contributed by atoms with van der Waals surface area (Å²) in [6, 6.07) is 25.9. The summed E-state index contributed by atoms with van der Waals surface area (Å²) in [4.78, 5) is 5.27. The second-order valence-electron chi connectivity index (χ2n) is 8.24.